The molecule has 1 aliphatic rings. The summed E-state index contributed by atoms with van der Waals surface area (Å²) in [5, 5.41) is 3.26. The zero-order valence-electron chi connectivity index (χ0n) is 11.7. The number of hydrogen-bond donors (Lipinski definition) is 1. The van der Waals surface area contributed by atoms with Crippen molar-refractivity contribution in [2.75, 3.05) is 33.4 Å². The fourth-order valence-corrected chi connectivity index (χ4v) is 2.62. The Labute approximate surface area is 110 Å². The van der Waals surface area contributed by atoms with E-state index in [9.17, 15) is 0 Å². The molecule has 1 aliphatic heterocycles. The van der Waals surface area contributed by atoms with Gasteiger partial charge in [0, 0.05) is 25.7 Å². The highest BCUT2D eigenvalue weighted by Gasteiger charge is 2.23. The first-order valence-corrected chi connectivity index (χ1v) is 6.74. The van der Waals surface area contributed by atoms with E-state index in [2.05, 4.69) is 42.3 Å². The highest BCUT2D eigenvalue weighted by atomic mass is 16.5. The molecule has 0 spiro atoms. The number of likely N-dealkylation sites (N-methyl/N-ethyl adjacent to an activating group) is 1. The normalized spacial score (nSPS) is 21.2. The second-order valence-electron chi connectivity index (χ2n) is 5.13. The van der Waals surface area contributed by atoms with Crippen molar-refractivity contribution in [3.05, 3.63) is 34.9 Å². The van der Waals surface area contributed by atoms with Crippen molar-refractivity contribution in [3.8, 4) is 0 Å². The molecule has 0 radical (unpaired) electrons. The molecule has 0 aliphatic carbocycles. The minimum absolute atomic E-state index is 0.489. The Kier molecular flexibility index (Phi) is 4.75. The first-order chi connectivity index (χ1) is 8.72. The summed E-state index contributed by atoms with van der Waals surface area (Å²) in [5.74, 6) is 0. The van der Waals surface area contributed by atoms with E-state index >= 15 is 0 Å². The molecular weight excluding hydrogens is 224 g/mol. The Balaban J connectivity index is 2.11. The van der Waals surface area contributed by atoms with Gasteiger partial charge in [-0.05, 0) is 37.6 Å². The van der Waals surface area contributed by atoms with E-state index in [1.807, 2.05) is 7.05 Å². The van der Waals surface area contributed by atoms with Crippen LogP contribution in [0.3, 0.4) is 0 Å². The molecule has 3 nitrogen and oxygen atoms in total. The SMILES string of the molecule is CNCC1COCCN1Cc1c(C)cccc1C. The third-order valence-electron chi connectivity index (χ3n) is 3.79. The van der Waals surface area contributed by atoms with Crippen molar-refractivity contribution >= 4 is 0 Å². The predicted octanol–water partition coefficient (Wildman–Crippen LogP) is 1.72. The van der Waals surface area contributed by atoms with Gasteiger partial charge in [0.05, 0.1) is 13.2 Å². The van der Waals surface area contributed by atoms with E-state index in [1.54, 1.807) is 0 Å². The molecule has 18 heavy (non-hydrogen) atoms. The molecule has 100 valence electrons. The maximum Gasteiger partial charge on any atom is 0.0635 e. The van der Waals surface area contributed by atoms with Crippen LogP contribution in [0, 0.1) is 13.8 Å². The van der Waals surface area contributed by atoms with E-state index in [-0.39, 0.29) is 0 Å². The lowest BCUT2D eigenvalue weighted by molar-refractivity contribution is -0.0104. The van der Waals surface area contributed by atoms with Gasteiger partial charge in [0.15, 0.2) is 0 Å². The van der Waals surface area contributed by atoms with Crippen LogP contribution < -0.4 is 5.32 Å². The molecule has 0 saturated carbocycles. The molecule has 1 aromatic carbocycles. The van der Waals surface area contributed by atoms with Gasteiger partial charge in [0.1, 0.15) is 0 Å². The van der Waals surface area contributed by atoms with Crippen molar-refractivity contribution < 1.29 is 4.74 Å². The van der Waals surface area contributed by atoms with Crippen LogP contribution in [-0.4, -0.2) is 44.3 Å². The fourth-order valence-electron chi connectivity index (χ4n) is 2.62. The third kappa shape index (κ3) is 3.10. The molecule has 1 fully saturated rings. The van der Waals surface area contributed by atoms with Crippen LogP contribution in [-0.2, 0) is 11.3 Å². The summed E-state index contributed by atoms with van der Waals surface area (Å²) in [4.78, 5) is 2.54. The van der Waals surface area contributed by atoms with E-state index < -0.39 is 0 Å². The van der Waals surface area contributed by atoms with Gasteiger partial charge in [-0.3, -0.25) is 4.90 Å². The van der Waals surface area contributed by atoms with E-state index in [4.69, 9.17) is 4.74 Å². The molecule has 2 rings (SSSR count). The zero-order valence-corrected chi connectivity index (χ0v) is 11.7. The summed E-state index contributed by atoms with van der Waals surface area (Å²) in [6, 6.07) is 7.03. The Hall–Kier alpha value is -0.900. The number of ether oxygens (including phenoxy) is 1. The van der Waals surface area contributed by atoms with Gasteiger partial charge in [0.2, 0.25) is 0 Å². The van der Waals surface area contributed by atoms with Gasteiger partial charge in [-0.15, -0.1) is 0 Å². The van der Waals surface area contributed by atoms with Crippen LogP contribution >= 0.6 is 0 Å². The molecule has 0 aromatic heterocycles. The van der Waals surface area contributed by atoms with Gasteiger partial charge in [0.25, 0.3) is 0 Å². The van der Waals surface area contributed by atoms with Gasteiger partial charge < -0.3 is 10.1 Å². The lowest BCUT2D eigenvalue weighted by atomic mass is 10.0. The summed E-state index contributed by atoms with van der Waals surface area (Å²) < 4.78 is 5.58. The van der Waals surface area contributed by atoms with Crippen LogP contribution in [0.15, 0.2) is 18.2 Å². The quantitative estimate of drug-likeness (QED) is 0.878. The highest BCUT2D eigenvalue weighted by Crippen LogP contribution is 2.18. The molecule has 0 bridgehead atoms. The molecule has 1 unspecified atom stereocenters. The Morgan fingerprint density at radius 2 is 2.06 bits per heavy atom. The lowest BCUT2D eigenvalue weighted by Gasteiger charge is -2.36. The summed E-state index contributed by atoms with van der Waals surface area (Å²) in [6.07, 6.45) is 0. The summed E-state index contributed by atoms with van der Waals surface area (Å²) in [5.41, 5.74) is 4.26. The van der Waals surface area contributed by atoms with Crippen LogP contribution in [0.4, 0.5) is 0 Å². The minimum Gasteiger partial charge on any atom is -0.378 e. The molecule has 0 amide bonds. The third-order valence-corrected chi connectivity index (χ3v) is 3.79. The van der Waals surface area contributed by atoms with Gasteiger partial charge >= 0.3 is 0 Å². The van der Waals surface area contributed by atoms with Gasteiger partial charge in [-0.2, -0.15) is 0 Å². The number of aryl methyl sites for hydroxylation is 2. The second-order valence-corrected chi connectivity index (χ2v) is 5.13. The van der Waals surface area contributed by atoms with Crippen LogP contribution in [0.5, 0.6) is 0 Å². The van der Waals surface area contributed by atoms with Crippen LogP contribution in [0.2, 0.25) is 0 Å². The molecule has 1 atom stereocenters. The number of nitrogens with zero attached hydrogens (tertiary/aromatic N) is 1. The van der Waals surface area contributed by atoms with Crippen LogP contribution in [0.1, 0.15) is 16.7 Å². The molecular formula is C15H24N2O. The maximum absolute atomic E-state index is 5.58. The molecule has 3 heteroatoms. The Morgan fingerprint density at radius 1 is 1.33 bits per heavy atom. The smallest absolute Gasteiger partial charge is 0.0635 e. The number of benzene rings is 1. The number of rotatable bonds is 4. The standard InChI is InChI=1S/C15H24N2O/c1-12-5-4-6-13(2)15(12)10-17-7-8-18-11-14(17)9-16-3/h4-6,14,16H,7-11H2,1-3H3. The Morgan fingerprint density at radius 3 is 2.72 bits per heavy atom. The van der Waals surface area contributed by atoms with Crippen LogP contribution in [0.25, 0.3) is 0 Å². The minimum atomic E-state index is 0.489. The topological polar surface area (TPSA) is 24.5 Å². The van der Waals surface area contributed by atoms with Crippen molar-refractivity contribution in [3.63, 3.8) is 0 Å². The largest absolute Gasteiger partial charge is 0.378 e. The molecule has 1 heterocycles. The predicted molar refractivity (Wildman–Crippen MR) is 74.9 cm³/mol. The van der Waals surface area contributed by atoms with Crippen molar-refractivity contribution in [2.45, 2.75) is 26.4 Å². The van der Waals surface area contributed by atoms with Gasteiger partial charge in [-0.25, -0.2) is 0 Å². The highest BCUT2D eigenvalue weighted by molar-refractivity contribution is 5.33. The van der Waals surface area contributed by atoms with Crippen molar-refractivity contribution in [1.82, 2.24) is 10.2 Å². The fraction of sp³-hybridized carbons (Fsp3) is 0.600. The first-order valence-electron chi connectivity index (χ1n) is 6.74. The van der Waals surface area contributed by atoms with E-state index in [0.717, 1.165) is 32.8 Å². The average Bonchev–Trinajstić information content (AvgIpc) is 2.36. The Bertz CT molecular complexity index is 370. The van der Waals surface area contributed by atoms with Crippen molar-refractivity contribution in [2.24, 2.45) is 0 Å². The van der Waals surface area contributed by atoms with Crippen molar-refractivity contribution in [1.29, 1.82) is 0 Å². The lowest BCUT2D eigenvalue weighted by Crippen LogP contribution is -2.49. The first kappa shape index (κ1) is 13.5. The summed E-state index contributed by atoms with van der Waals surface area (Å²) >= 11 is 0. The van der Waals surface area contributed by atoms with E-state index in [1.165, 1.54) is 16.7 Å². The summed E-state index contributed by atoms with van der Waals surface area (Å²) in [7, 11) is 2.01. The number of morpholine rings is 1. The summed E-state index contributed by atoms with van der Waals surface area (Å²) in [6.45, 7) is 9.15. The molecule has 1 N–H and O–H groups in total. The number of nitrogens with one attached hydrogen (secondary N) is 1. The number of hydrogen-bond acceptors (Lipinski definition) is 3. The molecule has 1 aromatic rings. The van der Waals surface area contributed by atoms with E-state index in [0.29, 0.717) is 6.04 Å². The second kappa shape index (κ2) is 6.32. The maximum atomic E-state index is 5.58. The zero-order chi connectivity index (χ0) is 13.0. The van der Waals surface area contributed by atoms with Gasteiger partial charge in [-0.1, -0.05) is 18.2 Å². The average molecular weight is 248 g/mol. The monoisotopic (exact) mass is 248 g/mol. The molecule has 1 saturated heterocycles.